The number of amides is 1. The minimum Gasteiger partial charge on any atom is -0.508 e. The van der Waals surface area contributed by atoms with Crippen molar-refractivity contribution in [3.05, 3.63) is 116 Å². The van der Waals surface area contributed by atoms with Gasteiger partial charge in [-0.2, -0.15) is 0 Å². The highest BCUT2D eigenvalue weighted by Gasteiger charge is 2.31. The fraction of sp³-hybridized carbons (Fsp3) is 0.256. The van der Waals surface area contributed by atoms with Crippen molar-refractivity contribution in [2.24, 2.45) is 0 Å². The highest BCUT2D eigenvalue weighted by molar-refractivity contribution is 7.15. The van der Waals surface area contributed by atoms with Crippen LogP contribution < -0.4 is 5.32 Å². The second kappa shape index (κ2) is 13.9. The molecule has 0 unspecified atom stereocenters. The molecule has 6 aromatic rings. The molecule has 4 N–H and O–H groups in total. The number of carbonyl (C=O) groups is 1. The largest absolute Gasteiger partial charge is 0.508 e. The van der Waals surface area contributed by atoms with Crippen LogP contribution in [0.25, 0.3) is 27.6 Å². The van der Waals surface area contributed by atoms with Crippen molar-refractivity contribution in [3.8, 4) is 39.6 Å². The fourth-order valence-corrected chi connectivity index (χ4v) is 8.04. The van der Waals surface area contributed by atoms with Gasteiger partial charge in [-0.15, -0.1) is 26.6 Å². The molecular formula is C39H38ClN7O4S. The van der Waals surface area contributed by atoms with Crippen LogP contribution in [-0.2, 0) is 11.2 Å². The average Bonchev–Trinajstić information content (AvgIpc) is 3.74. The van der Waals surface area contributed by atoms with Crippen LogP contribution >= 0.6 is 22.9 Å². The summed E-state index contributed by atoms with van der Waals surface area (Å²) in [4.78, 5) is 14.7. The van der Waals surface area contributed by atoms with Gasteiger partial charge in [-0.05, 0) is 91.3 Å². The van der Waals surface area contributed by atoms with Crippen molar-refractivity contribution in [3.63, 3.8) is 0 Å². The molecule has 1 amide bonds. The molecule has 3 aromatic heterocycles. The van der Waals surface area contributed by atoms with E-state index in [9.17, 15) is 20.1 Å². The first-order chi connectivity index (χ1) is 24.9. The standard InChI is InChI=1S/C39H38ClN7O4S/c1-20(2)29-18-31(33(49)19-32(29)48)37-44-45-39(51)47(37)28-12-6-24(7-13-28)14-15-41-34(50)17-26-16-30(25-8-10-27(40)11-9-25)35-21(3)22(4)52-38(35)46-23(5)42-43-36(26)46/h6-13,16,18-20,26,48-49H,14-15,17H2,1-5H3,(H,41,50)(H,45,51)/t26-/m0/s1. The summed E-state index contributed by atoms with van der Waals surface area (Å²) in [5.41, 5.74) is 6.88. The van der Waals surface area contributed by atoms with E-state index in [1.54, 1.807) is 17.4 Å². The van der Waals surface area contributed by atoms with Gasteiger partial charge >= 0.3 is 6.01 Å². The van der Waals surface area contributed by atoms with Gasteiger partial charge in [0.2, 0.25) is 5.91 Å². The molecule has 0 spiro atoms. The van der Waals surface area contributed by atoms with Gasteiger partial charge in [-0.25, -0.2) is 4.57 Å². The summed E-state index contributed by atoms with van der Waals surface area (Å²) < 4.78 is 3.52. The van der Waals surface area contributed by atoms with E-state index >= 15 is 0 Å². The molecule has 0 bridgehead atoms. The Kier molecular flexibility index (Phi) is 9.36. The van der Waals surface area contributed by atoms with Gasteiger partial charge in [-0.3, -0.25) is 9.36 Å². The summed E-state index contributed by atoms with van der Waals surface area (Å²) >= 11 is 7.95. The molecule has 266 valence electrons. The second-order valence-electron chi connectivity index (χ2n) is 13.3. The first kappa shape index (κ1) is 35.0. The molecule has 1 aliphatic heterocycles. The molecule has 13 heteroatoms. The number of halogens is 1. The first-order valence-electron chi connectivity index (χ1n) is 17.0. The molecule has 52 heavy (non-hydrogen) atoms. The van der Waals surface area contributed by atoms with Crippen molar-refractivity contribution < 1.29 is 20.1 Å². The normalized spacial score (nSPS) is 13.8. The molecule has 0 saturated carbocycles. The molecular weight excluding hydrogens is 698 g/mol. The first-order valence-corrected chi connectivity index (χ1v) is 18.2. The maximum absolute atomic E-state index is 13.5. The molecule has 4 heterocycles. The lowest BCUT2D eigenvalue weighted by atomic mass is 9.92. The van der Waals surface area contributed by atoms with E-state index in [0.717, 1.165) is 38.9 Å². The topological polar surface area (TPSA) is 151 Å². The molecule has 1 aliphatic rings. The summed E-state index contributed by atoms with van der Waals surface area (Å²) in [7, 11) is 0. The third-order valence-corrected chi connectivity index (χ3v) is 11.0. The lowest BCUT2D eigenvalue weighted by Gasteiger charge is -2.14. The smallest absolute Gasteiger partial charge is 0.319 e. The number of carbonyl (C=O) groups excluding carboxylic acids is 1. The van der Waals surface area contributed by atoms with Crippen LogP contribution in [0.4, 0.5) is 0 Å². The Hall–Kier alpha value is -5.46. The minimum atomic E-state index is -0.341. The monoisotopic (exact) mass is 735 g/mol. The minimum absolute atomic E-state index is 0.00764. The molecule has 0 aliphatic carbocycles. The van der Waals surface area contributed by atoms with E-state index < -0.39 is 0 Å². The third kappa shape index (κ3) is 6.44. The van der Waals surface area contributed by atoms with E-state index in [-0.39, 0.29) is 47.5 Å². The van der Waals surface area contributed by atoms with Crippen molar-refractivity contribution in [2.45, 2.75) is 59.3 Å². The van der Waals surface area contributed by atoms with Crippen molar-refractivity contribution in [1.29, 1.82) is 0 Å². The maximum atomic E-state index is 13.5. The van der Waals surface area contributed by atoms with Crippen LogP contribution in [-0.4, -0.2) is 57.3 Å². The number of aryl methyl sites for hydroxylation is 2. The number of fused-ring (bicyclic) bond motifs is 3. The SMILES string of the molecule is Cc1sc2c(c1C)C(c1ccc(Cl)cc1)=C[C@@H](CC(=O)NCCc1ccc(-n3c(O)nnc3-c3cc(C(C)C)c(O)cc3O)cc1)c1nnc(C)n1-2. The van der Waals surface area contributed by atoms with E-state index in [1.807, 2.05) is 69.3 Å². The van der Waals surface area contributed by atoms with Crippen molar-refractivity contribution >= 4 is 34.4 Å². The van der Waals surface area contributed by atoms with Gasteiger partial charge < -0.3 is 20.6 Å². The zero-order valence-corrected chi connectivity index (χ0v) is 30.9. The summed E-state index contributed by atoms with van der Waals surface area (Å²) in [5, 5.41) is 53.3. The molecule has 11 nitrogen and oxygen atoms in total. The Morgan fingerprint density at radius 1 is 0.923 bits per heavy atom. The number of nitrogens with one attached hydrogen (secondary N) is 1. The van der Waals surface area contributed by atoms with Crippen LogP contribution in [0.3, 0.4) is 0 Å². The highest BCUT2D eigenvalue weighted by atomic mass is 35.5. The number of hydrogen-bond acceptors (Lipinski definition) is 9. The number of benzene rings is 3. The summed E-state index contributed by atoms with van der Waals surface area (Å²) in [6.07, 6.45) is 2.91. The highest BCUT2D eigenvalue weighted by Crippen LogP contribution is 2.44. The predicted molar refractivity (Wildman–Crippen MR) is 202 cm³/mol. The van der Waals surface area contributed by atoms with Gasteiger partial charge in [0.05, 0.1) is 11.3 Å². The lowest BCUT2D eigenvalue weighted by Crippen LogP contribution is -2.27. The van der Waals surface area contributed by atoms with Gasteiger partial charge in [-0.1, -0.05) is 60.9 Å². The molecule has 0 fully saturated rings. The maximum Gasteiger partial charge on any atom is 0.319 e. The molecule has 3 aromatic carbocycles. The predicted octanol–water partition coefficient (Wildman–Crippen LogP) is 7.67. The molecule has 0 radical (unpaired) electrons. The Morgan fingerprint density at radius 2 is 1.65 bits per heavy atom. The fourth-order valence-electron chi connectivity index (χ4n) is 6.69. The zero-order valence-electron chi connectivity index (χ0n) is 29.3. The Morgan fingerprint density at radius 3 is 2.37 bits per heavy atom. The van der Waals surface area contributed by atoms with Gasteiger partial charge in [0.1, 0.15) is 28.1 Å². The van der Waals surface area contributed by atoms with E-state index in [2.05, 4.69) is 50.2 Å². The van der Waals surface area contributed by atoms with E-state index in [4.69, 9.17) is 11.6 Å². The van der Waals surface area contributed by atoms with Crippen LogP contribution in [0.2, 0.25) is 5.02 Å². The number of phenols is 2. The number of allylic oxidation sites excluding steroid dienone is 1. The number of aromatic hydroxyl groups is 3. The molecule has 7 rings (SSSR count). The van der Waals surface area contributed by atoms with Crippen LogP contribution in [0.5, 0.6) is 17.5 Å². The number of aromatic nitrogens is 6. The number of hydrogen-bond donors (Lipinski definition) is 4. The summed E-state index contributed by atoms with van der Waals surface area (Å²) in [6.45, 7) is 10.5. The Balaban J connectivity index is 1.08. The van der Waals surface area contributed by atoms with E-state index in [0.29, 0.717) is 34.8 Å². The van der Waals surface area contributed by atoms with Crippen molar-refractivity contribution in [2.75, 3.05) is 6.54 Å². The van der Waals surface area contributed by atoms with Gasteiger partial charge in [0.25, 0.3) is 0 Å². The van der Waals surface area contributed by atoms with Crippen LogP contribution in [0.1, 0.15) is 76.4 Å². The molecule has 0 saturated heterocycles. The Bertz CT molecular complexity index is 2340. The number of rotatable bonds is 9. The average molecular weight is 736 g/mol. The van der Waals surface area contributed by atoms with Gasteiger partial charge in [0.15, 0.2) is 5.82 Å². The van der Waals surface area contributed by atoms with Crippen molar-refractivity contribution in [1.82, 2.24) is 34.8 Å². The zero-order chi connectivity index (χ0) is 36.8. The van der Waals surface area contributed by atoms with Gasteiger partial charge in [0, 0.05) is 40.4 Å². The lowest BCUT2D eigenvalue weighted by molar-refractivity contribution is -0.121. The number of nitrogens with zero attached hydrogens (tertiary/aromatic N) is 6. The summed E-state index contributed by atoms with van der Waals surface area (Å²) in [6, 6.07) is 17.8. The quantitative estimate of drug-likeness (QED) is 0.118. The Labute approximate surface area is 309 Å². The third-order valence-electron chi connectivity index (χ3n) is 9.53. The van der Waals surface area contributed by atoms with Crippen LogP contribution in [0, 0.1) is 20.8 Å². The summed E-state index contributed by atoms with van der Waals surface area (Å²) in [5.74, 6) is 1.10. The molecule has 1 atom stereocenters. The number of phenolic OH excluding ortho intramolecular Hbond substituents is 2. The second-order valence-corrected chi connectivity index (χ2v) is 14.9. The number of thiophene rings is 1. The van der Waals surface area contributed by atoms with Crippen LogP contribution in [0.15, 0.2) is 66.7 Å². The van der Waals surface area contributed by atoms with E-state index in [1.165, 1.54) is 21.1 Å².